The highest BCUT2D eigenvalue weighted by Gasteiger charge is 2.44. The number of rotatable bonds is 2. The number of nitrogens with zero attached hydrogens (tertiary/aromatic N) is 1. The monoisotopic (exact) mass is 451 g/mol. The van der Waals surface area contributed by atoms with Crippen LogP contribution in [0.25, 0.3) is 22.5 Å². The molecule has 1 aliphatic heterocycles. The SMILES string of the molecule is COc1cccc2c1CN(C)C(c1ccc3ccccc3c1)=C2.O=S(=O)(O)C(F)(F)F. The summed E-state index contributed by atoms with van der Waals surface area (Å²) in [6, 6.07) is 21.4. The lowest BCUT2D eigenvalue weighted by molar-refractivity contribution is -0.0510. The van der Waals surface area contributed by atoms with E-state index in [0.29, 0.717) is 0 Å². The van der Waals surface area contributed by atoms with Crippen LogP contribution in [0.2, 0.25) is 0 Å². The van der Waals surface area contributed by atoms with Gasteiger partial charge in [-0.15, -0.1) is 0 Å². The third kappa shape index (κ3) is 5.00. The predicted molar refractivity (Wildman–Crippen MR) is 114 cm³/mol. The van der Waals surface area contributed by atoms with Gasteiger partial charge in [-0.25, -0.2) is 0 Å². The molecule has 0 fully saturated rings. The van der Waals surface area contributed by atoms with Crippen LogP contribution in [0.4, 0.5) is 13.2 Å². The number of benzene rings is 3. The Hall–Kier alpha value is -3.04. The van der Waals surface area contributed by atoms with E-state index in [1.54, 1.807) is 7.11 Å². The van der Waals surface area contributed by atoms with Crippen LogP contribution in [0.1, 0.15) is 16.7 Å². The molecular formula is C22H20F3NO4S. The molecule has 5 nitrogen and oxygen atoms in total. The average molecular weight is 451 g/mol. The van der Waals surface area contributed by atoms with Crippen molar-refractivity contribution in [3.63, 3.8) is 0 Å². The maximum absolute atomic E-state index is 10.7. The zero-order valence-corrected chi connectivity index (χ0v) is 17.5. The lowest BCUT2D eigenvalue weighted by Crippen LogP contribution is -2.21. The van der Waals surface area contributed by atoms with Crippen molar-refractivity contribution in [2.75, 3.05) is 14.2 Å². The van der Waals surface area contributed by atoms with E-state index in [4.69, 9.17) is 17.7 Å². The Labute approximate surface area is 178 Å². The molecule has 0 bridgehead atoms. The van der Waals surface area contributed by atoms with Gasteiger partial charge in [0.05, 0.1) is 7.11 Å². The molecule has 164 valence electrons. The molecule has 9 heteroatoms. The Bertz CT molecular complexity index is 1240. The molecule has 0 saturated heterocycles. The van der Waals surface area contributed by atoms with Gasteiger partial charge in [0.15, 0.2) is 0 Å². The fourth-order valence-electron chi connectivity index (χ4n) is 3.31. The van der Waals surface area contributed by atoms with Crippen LogP contribution >= 0.6 is 0 Å². The molecule has 0 radical (unpaired) electrons. The highest BCUT2D eigenvalue weighted by molar-refractivity contribution is 7.86. The normalized spacial score (nSPS) is 13.7. The minimum Gasteiger partial charge on any atom is -0.496 e. The van der Waals surface area contributed by atoms with Crippen molar-refractivity contribution in [2.24, 2.45) is 0 Å². The van der Waals surface area contributed by atoms with Gasteiger partial charge in [-0.1, -0.05) is 48.5 Å². The van der Waals surface area contributed by atoms with Crippen LogP contribution < -0.4 is 4.74 Å². The van der Waals surface area contributed by atoms with Crippen molar-refractivity contribution in [3.8, 4) is 5.75 Å². The van der Waals surface area contributed by atoms with E-state index < -0.39 is 15.6 Å². The van der Waals surface area contributed by atoms with Crippen molar-refractivity contribution >= 4 is 32.7 Å². The first-order chi connectivity index (χ1) is 14.5. The van der Waals surface area contributed by atoms with E-state index in [-0.39, 0.29) is 0 Å². The minimum absolute atomic E-state index is 0.859. The number of hydrogen-bond donors (Lipinski definition) is 1. The molecule has 0 spiro atoms. The number of ether oxygens (including phenoxy) is 1. The summed E-state index contributed by atoms with van der Waals surface area (Å²) in [4.78, 5) is 2.29. The van der Waals surface area contributed by atoms with Crippen molar-refractivity contribution in [1.29, 1.82) is 0 Å². The van der Waals surface area contributed by atoms with E-state index >= 15 is 0 Å². The Balaban J connectivity index is 0.000000293. The number of alkyl halides is 3. The second kappa shape index (κ2) is 8.60. The second-order valence-electron chi connectivity index (χ2n) is 6.90. The summed E-state index contributed by atoms with van der Waals surface area (Å²) < 4.78 is 63.0. The molecule has 0 aliphatic carbocycles. The molecule has 0 saturated carbocycles. The number of fused-ring (bicyclic) bond motifs is 2. The summed E-state index contributed by atoms with van der Waals surface area (Å²) in [5.41, 5.74) is -0.545. The maximum Gasteiger partial charge on any atom is 0.522 e. The molecule has 1 aliphatic rings. The molecule has 0 atom stereocenters. The molecule has 4 rings (SSSR count). The molecule has 0 amide bonds. The van der Waals surface area contributed by atoms with Crippen LogP contribution in [0.3, 0.4) is 0 Å². The summed E-state index contributed by atoms with van der Waals surface area (Å²) in [6.45, 7) is 0.859. The van der Waals surface area contributed by atoms with Gasteiger partial charge in [0.2, 0.25) is 0 Å². The van der Waals surface area contributed by atoms with E-state index in [0.717, 1.165) is 12.3 Å². The van der Waals surface area contributed by atoms with Gasteiger partial charge in [0.25, 0.3) is 0 Å². The smallest absolute Gasteiger partial charge is 0.496 e. The van der Waals surface area contributed by atoms with Gasteiger partial charge in [-0.2, -0.15) is 21.6 Å². The minimum atomic E-state index is -5.84. The summed E-state index contributed by atoms with van der Waals surface area (Å²) in [7, 11) is -1.97. The topological polar surface area (TPSA) is 66.8 Å². The van der Waals surface area contributed by atoms with Crippen molar-refractivity contribution < 1.29 is 30.9 Å². The average Bonchev–Trinajstić information content (AvgIpc) is 2.71. The zero-order chi connectivity index (χ0) is 22.8. The third-order valence-electron chi connectivity index (χ3n) is 4.83. The highest BCUT2D eigenvalue weighted by atomic mass is 32.2. The fraction of sp³-hybridized carbons (Fsp3) is 0.182. The molecule has 3 aromatic carbocycles. The first-order valence-corrected chi connectivity index (χ1v) is 10.6. The van der Waals surface area contributed by atoms with Crippen molar-refractivity contribution in [3.05, 3.63) is 77.4 Å². The van der Waals surface area contributed by atoms with E-state index in [1.165, 1.54) is 33.2 Å². The Kier molecular flexibility index (Phi) is 6.28. The first-order valence-electron chi connectivity index (χ1n) is 9.13. The standard InChI is InChI=1S/C21H19NO.CHF3O3S/c1-22-14-19-17(8-5-9-21(19)23-2)13-20(22)18-11-10-15-6-3-4-7-16(15)12-18;2-1(3,4)8(5,6)7/h3-13H,14H2,1-2H3;(H,5,6,7). The molecule has 31 heavy (non-hydrogen) atoms. The number of methoxy groups -OCH3 is 1. The van der Waals surface area contributed by atoms with Crippen LogP contribution in [-0.2, 0) is 16.7 Å². The summed E-state index contributed by atoms with van der Waals surface area (Å²) in [5, 5.41) is 2.55. The van der Waals surface area contributed by atoms with Gasteiger partial charge >= 0.3 is 15.6 Å². The highest BCUT2D eigenvalue weighted by Crippen LogP contribution is 2.35. The van der Waals surface area contributed by atoms with Crippen molar-refractivity contribution in [2.45, 2.75) is 12.1 Å². The quantitative estimate of drug-likeness (QED) is 0.429. The number of halogens is 3. The molecule has 0 unspecified atom stereocenters. The summed E-state index contributed by atoms with van der Waals surface area (Å²) in [5.74, 6) is 0.961. The molecule has 1 heterocycles. The molecular weight excluding hydrogens is 431 g/mol. The zero-order valence-electron chi connectivity index (χ0n) is 16.7. The Morgan fingerprint density at radius 1 is 1.00 bits per heavy atom. The van der Waals surface area contributed by atoms with Crippen LogP contribution in [0.5, 0.6) is 5.75 Å². The Morgan fingerprint density at radius 3 is 2.26 bits per heavy atom. The van der Waals surface area contributed by atoms with E-state index in [2.05, 4.69) is 72.6 Å². The third-order valence-corrected chi connectivity index (χ3v) is 5.41. The van der Waals surface area contributed by atoms with Gasteiger partial charge in [-0.3, -0.25) is 4.55 Å². The van der Waals surface area contributed by atoms with E-state index in [9.17, 15) is 13.2 Å². The Morgan fingerprint density at radius 2 is 1.65 bits per heavy atom. The van der Waals surface area contributed by atoms with Gasteiger partial charge in [0, 0.05) is 24.9 Å². The van der Waals surface area contributed by atoms with Crippen LogP contribution in [0.15, 0.2) is 60.7 Å². The number of hydrogen-bond acceptors (Lipinski definition) is 4. The molecule has 1 N–H and O–H groups in total. The maximum atomic E-state index is 10.7. The summed E-state index contributed by atoms with van der Waals surface area (Å²) >= 11 is 0. The fourth-order valence-corrected chi connectivity index (χ4v) is 3.31. The molecule has 3 aromatic rings. The molecule has 0 aromatic heterocycles. The second-order valence-corrected chi connectivity index (χ2v) is 8.31. The van der Waals surface area contributed by atoms with Gasteiger partial charge < -0.3 is 9.64 Å². The lowest BCUT2D eigenvalue weighted by atomic mass is 9.96. The van der Waals surface area contributed by atoms with Crippen LogP contribution in [-0.4, -0.2) is 37.5 Å². The first kappa shape index (κ1) is 22.6. The largest absolute Gasteiger partial charge is 0.522 e. The lowest BCUT2D eigenvalue weighted by Gasteiger charge is -2.29. The van der Waals surface area contributed by atoms with Gasteiger partial charge in [0.1, 0.15) is 5.75 Å². The summed E-state index contributed by atoms with van der Waals surface area (Å²) in [6.07, 6.45) is 2.26. The predicted octanol–water partition coefficient (Wildman–Crippen LogP) is 5.19. The van der Waals surface area contributed by atoms with Crippen LogP contribution in [0, 0.1) is 0 Å². The van der Waals surface area contributed by atoms with Gasteiger partial charge in [-0.05, 0) is 40.1 Å². The van der Waals surface area contributed by atoms with Crippen molar-refractivity contribution in [1.82, 2.24) is 4.90 Å². The van der Waals surface area contributed by atoms with E-state index in [1.807, 2.05) is 6.07 Å².